The van der Waals surface area contributed by atoms with Crippen LogP contribution in [0, 0.1) is 0 Å². The van der Waals surface area contributed by atoms with Crippen LogP contribution in [0.5, 0.6) is 0 Å². The summed E-state index contributed by atoms with van der Waals surface area (Å²) in [6, 6.07) is 3.13. The molecule has 6 nitrogen and oxygen atoms in total. The maximum absolute atomic E-state index is 12.3. The Bertz CT molecular complexity index is 554. The fraction of sp³-hybridized carbons (Fsp3) is 0.533. The van der Waals surface area contributed by atoms with E-state index < -0.39 is 11.7 Å². The Labute approximate surface area is 134 Å². The Morgan fingerprint density at radius 1 is 1.41 bits per heavy atom. The van der Waals surface area contributed by atoms with Gasteiger partial charge < -0.3 is 15.0 Å². The number of halogens is 1. The SMILES string of the molecule is CC(C)(C)OC(=O)N[C@H]1CCN(C(=O)c2ccc(Cl)nc2)C1. The van der Waals surface area contributed by atoms with Crippen molar-refractivity contribution in [1.82, 2.24) is 15.2 Å². The third kappa shape index (κ3) is 4.59. The average Bonchev–Trinajstić information content (AvgIpc) is 2.85. The third-order valence-electron chi connectivity index (χ3n) is 3.17. The van der Waals surface area contributed by atoms with Crippen LogP contribution in [0.25, 0.3) is 0 Å². The molecule has 0 aromatic carbocycles. The highest BCUT2D eigenvalue weighted by atomic mass is 35.5. The second kappa shape index (κ2) is 6.52. The minimum atomic E-state index is -0.535. The Kier molecular flexibility index (Phi) is 4.90. The quantitative estimate of drug-likeness (QED) is 0.848. The normalized spacial score (nSPS) is 18.2. The van der Waals surface area contributed by atoms with E-state index in [2.05, 4.69) is 10.3 Å². The van der Waals surface area contributed by atoms with E-state index in [-0.39, 0.29) is 11.9 Å². The van der Waals surface area contributed by atoms with Gasteiger partial charge in [0.2, 0.25) is 0 Å². The topological polar surface area (TPSA) is 71.5 Å². The number of likely N-dealkylation sites (tertiary alicyclic amines) is 1. The zero-order valence-corrected chi connectivity index (χ0v) is 13.7. The van der Waals surface area contributed by atoms with Crippen LogP contribution in [-0.4, -0.2) is 46.6 Å². The molecular weight excluding hydrogens is 306 g/mol. The lowest BCUT2D eigenvalue weighted by Crippen LogP contribution is -2.41. The summed E-state index contributed by atoms with van der Waals surface area (Å²) >= 11 is 5.71. The largest absolute Gasteiger partial charge is 0.444 e. The molecule has 1 aromatic heterocycles. The molecule has 7 heteroatoms. The summed E-state index contributed by atoms with van der Waals surface area (Å²) in [6.45, 7) is 6.47. The number of amides is 2. The number of nitrogens with zero attached hydrogens (tertiary/aromatic N) is 2. The molecule has 1 fully saturated rings. The van der Waals surface area contributed by atoms with Gasteiger partial charge in [0.25, 0.3) is 5.91 Å². The number of carbonyl (C=O) groups is 2. The molecule has 2 rings (SSSR count). The summed E-state index contributed by atoms with van der Waals surface area (Å²) in [7, 11) is 0. The number of alkyl carbamates (subject to hydrolysis) is 1. The van der Waals surface area contributed by atoms with Crippen LogP contribution in [0.15, 0.2) is 18.3 Å². The molecule has 0 aliphatic carbocycles. The van der Waals surface area contributed by atoms with Gasteiger partial charge in [-0.3, -0.25) is 4.79 Å². The van der Waals surface area contributed by atoms with Crippen LogP contribution in [0.1, 0.15) is 37.6 Å². The van der Waals surface area contributed by atoms with Crippen molar-refractivity contribution < 1.29 is 14.3 Å². The van der Waals surface area contributed by atoms with Crippen molar-refractivity contribution in [3.05, 3.63) is 29.0 Å². The minimum absolute atomic E-state index is 0.0981. The lowest BCUT2D eigenvalue weighted by molar-refractivity contribution is 0.0502. The molecule has 1 aliphatic heterocycles. The maximum Gasteiger partial charge on any atom is 0.407 e. The van der Waals surface area contributed by atoms with Crippen molar-refractivity contribution in [1.29, 1.82) is 0 Å². The number of carbonyl (C=O) groups excluding carboxylic acids is 2. The van der Waals surface area contributed by atoms with Gasteiger partial charge in [0.15, 0.2) is 0 Å². The van der Waals surface area contributed by atoms with Gasteiger partial charge in [-0.05, 0) is 39.3 Å². The van der Waals surface area contributed by atoms with Crippen molar-refractivity contribution in [2.24, 2.45) is 0 Å². The molecule has 1 atom stereocenters. The zero-order valence-electron chi connectivity index (χ0n) is 12.9. The van der Waals surface area contributed by atoms with E-state index in [1.807, 2.05) is 20.8 Å². The van der Waals surface area contributed by atoms with E-state index in [4.69, 9.17) is 16.3 Å². The highest BCUT2D eigenvalue weighted by Crippen LogP contribution is 2.15. The molecule has 2 heterocycles. The highest BCUT2D eigenvalue weighted by Gasteiger charge is 2.29. The van der Waals surface area contributed by atoms with Crippen LogP contribution in [-0.2, 0) is 4.74 Å². The highest BCUT2D eigenvalue weighted by molar-refractivity contribution is 6.29. The van der Waals surface area contributed by atoms with Crippen LogP contribution in [0.2, 0.25) is 5.15 Å². The van der Waals surface area contributed by atoms with Gasteiger partial charge in [-0.2, -0.15) is 0 Å². The smallest absolute Gasteiger partial charge is 0.407 e. The van der Waals surface area contributed by atoms with Crippen LogP contribution in [0.3, 0.4) is 0 Å². The van der Waals surface area contributed by atoms with Crippen molar-refractivity contribution in [3.8, 4) is 0 Å². The molecule has 120 valence electrons. The molecule has 1 aliphatic rings. The Hall–Kier alpha value is -1.82. The van der Waals surface area contributed by atoms with Gasteiger partial charge in [-0.25, -0.2) is 9.78 Å². The van der Waals surface area contributed by atoms with E-state index in [1.165, 1.54) is 6.20 Å². The standard InChI is InChI=1S/C15H20ClN3O3/c1-15(2,3)22-14(21)18-11-6-7-19(9-11)13(20)10-4-5-12(16)17-8-10/h4-5,8,11H,6-7,9H2,1-3H3,(H,18,21)/t11-/m0/s1. The molecule has 1 saturated heterocycles. The fourth-order valence-corrected chi connectivity index (χ4v) is 2.33. The Balaban J connectivity index is 1.88. The first-order valence-electron chi connectivity index (χ1n) is 7.15. The maximum atomic E-state index is 12.3. The zero-order chi connectivity index (χ0) is 16.3. The molecule has 0 saturated carbocycles. The number of rotatable bonds is 2. The van der Waals surface area contributed by atoms with E-state index in [1.54, 1.807) is 17.0 Å². The van der Waals surface area contributed by atoms with E-state index in [9.17, 15) is 9.59 Å². The van der Waals surface area contributed by atoms with Crippen LogP contribution >= 0.6 is 11.6 Å². The number of nitrogens with one attached hydrogen (secondary N) is 1. The molecule has 0 unspecified atom stereocenters. The van der Waals surface area contributed by atoms with Gasteiger partial charge >= 0.3 is 6.09 Å². The minimum Gasteiger partial charge on any atom is -0.444 e. The predicted molar refractivity (Wildman–Crippen MR) is 82.9 cm³/mol. The molecule has 22 heavy (non-hydrogen) atoms. The monoisotopic (exact) mass is 325 g/mol. The first-order chi connectivity index (χ1) is 10.2. The van der Waals surface area contributed by atoms with Crippen molar-refractivity contribution in [2.45, 2.75) is 38.8 Å². The Morgan fingerprint density at radius 2 is 2.14 bits per heavy atom. The third-order valence-corrected chi connectivity index (χ3v) is 3.39. The summed E-state index contributed by atoms with van der Waals surface area (Å²) in [5.41, 5.74) is -0.0463. The lowest BCUT2D eigenvalue weighted by atomic mass is 10.2. The molecule has 0 spiro atoms. The van der Waals surface area contributed by atoms with Gasteiger partial charge in [0.05, 0.1) is 11.6 Å². The first-order valence-corrected chi connectivity index (χ1v) is 7.53. The number of hydrogen-bond donors (Lipinski definition) is 1. The van der Waals surface area contributed by atoms with Crippen molar-refractivity contribution in [2.75, 3.05) is 13.1 Å². The molecule has 0 bridgehead atoms. The first kappa shape index (κ1) is 16.5. The van der Waals surface area contributed by atoms with Crippen molar-refractivity contribution in [3.63, 3.8) is 0 Å². The second-order valence-corrected chi connectivity index (χ2v) is 6.64. The van der Waals surface area contributed by atoms with Crippen molar-refractivity contribution >= 4 is 23.6 Å². The van der Waals surface area contributed by atoms with Gasteiger partial charge in [-0.1, -0.05) is 11.6 Å². The number of pyridine rings is 1. The van der Waals surface area contributed by atoms with Gasteiger partial charge in [0, 0.05) is 19.3 Å². The average molecular weight is 326 g/mol. The summed E-state index contributed by atoms with van der Waals surface area (Å²) < 4.78 is 5.22. The molecular formula is C15H20ClN3O3. The van der Waals surface area contributed by atoms with E-state index in [0.29, 0.717) is 30.2 Å². The number of ether oxygens (including phenoxy) is 1. The second-order valence-electron chi connectivity index (χ2n) is 6.25. The summed E-state index contributed by atoms with van der Waals surface area (Å²) in [6.07, 6.45) is 1.70. The molecule has 2 amide bonds. The molecule has 1 aromatic rings. The van der Waals surface area contributed by atoms with Crippen LogP contribution < -0.4 is 5.32 Å². The summed E-state index contributed by atoms with van der Waals surface area (Å²) in [5, 5.41) is 3.14. The summed E-state index contributed by atoms with van der Waals surface area (Å²) in [5.74, 6) is -0.113. The van der Waals surface area contributed by atoms with E-state index in [0.717, 1.165) is 0 Å². The Morgan fingerprint density at radius 3 is 2.73 bits per heavy atom. The molecule has 1 N–H and O–H groups in total. The predicted octanol–water partition coefficient (Wildman–Crippen LogP) is 2.47. The number of hydrogen-bond acceptors (Lipinski definition) is 4. The number of aromatic nitrogens is 1. The summed E-state index contributed by atoms with van der Waals surface area (Å²) in [4.78, 5) is 29.6. The van der Waals surface area contributed by atoms with E-state index >= 15 is 0 Å². The molecule has 0 radical (unpaired) electrons. The fourth-order valence-electron chi connectivity index (χ4n) is 2.22. The van der Waals surface area contributed by atoms with Crippen LogP contribution in [0.4, 0.5) is 4.79 Å². The van der Waals surface area contributed by atoms with Gasteiger partial charge in [0.1, 0.15) is 10.8 Å². The lowest BCUT2D eigenvalue weighted by Gasteiger charge is -2.22. The van der Waals surface area contributed by atoms with Gasteiger partial charge in [-0.15, -0.1) is 0 Å².